The van der Waals surface area contributed by atoms with E-state index in [2.05, 4.69) is 26.2 Å². The van der Waals surface area contributed by atoms with Crippen LogP contribution < -0.4 is 5.32 Å². The van der Waals surface area contributed by atoms with E-state index in [9.17, 15) is 0 Å². The molecule has 2 heteroatoms. The molecule has 2 nitrogen and oxygen atoms in total. The number of methoxy groups -OCH3 is 1. The highest BCUT2D eigenvalue weighted by molar-refractivity contribution is 4.93. The molecule has 0 spiro atoms. The van der Waals surface area contributed by atoms with Gasteiger partial charge in [0.25, 0.3) is 0 Å². The van der Waals surface area contributed by atoms with E-state index in [0.717, 1.165) is 5.92 Å². The van der Waals surface area contributed by atoms with Crippen LogP contribution in [0.1, 0.15) is 65.2 Å². The molecule has 1 saturated carbocycles. The Hall–Kier alpha value is -0.0800. The fraction of sp³-hybridized carbons (Fsp3) is 1.00. The van der Waals surface area contributed by atoms with Gasteiger partial charge in [-0.05, 0) is 38.6 Å². The van der Waals surface area contributed by atoms with Crippen molar-refractivity contribution in [2.24, 2.45) is 5.92 Å². The second-order valence-electron chi connectivity index (χ2n) is 6.00. The number of hydrogen-bond donors (Lipinski definition) is 1. The lowest BCUT2D eigenvalue weighted by atomic mass is 9.82. The Bertz CT molecular complexity index is 195. The zero-order valence-electron chi connectivity index (χ0n) is 12.2. The number of ether oxygens (including phenoxy) is 1. The molecule has 0 aromatic rings. The molecule has 0 saturated heterocycles. The van der Waals surface area contributed by atoms with E-state index < -0.39 is 0 Å². The van der Waals surface area contributed by atoms with Crippen molar-refractivity contribution in [1.82, 2.24) is 5.32 Å². The highest BCUT2D eigenvalue weighted by Crippen LogP contribution is 2.34. The van der Waals surface area contributed by atoms with Gasteiger partial charge in [0.05, 0.1) is 5.60 Å². The summed E-state index contributed by atoms with van der Waals surface area (Å²) in [5, 5.41) is 3.52. The Balaban J connectivity index is 2.65. The third-order valence-electron chi connectivity index (χ3n) is 4.37. The molecule has 1 unspecified atom stereocenters. The van der Waals surface area contributed by atoms with Gasteiger partial charge in [-0.25, -0.2) is 0 Å². The Morgan fingerprint density at radius 3 is 2.06 bits per heavy atom. The maximum Gasteiger partial charge on any atom is 0.0830 e. The van der Waals surface area contributed by atoms with Gasteiger partial charge in [-0.15, -0.1) is 0 Å². The Morgan fingerprint density at radius 2 is 1.65 bits per heavy atom. The van der Waals surface area contributed by atoms with E-state index in [1.54, 1.807) is 0 Å². The normalized spacial score (nSPS) is 22.4. The lowest BCUT2D eigenvalue weighted by Crippen LogP contribution is -2.50. The number of likely N-dealkylation sites (N-methyl/N-ethyl adjacent to an activating group) is 1. The van der Waals surface area contributed by atoms with Crippen LogP contribution in [-0.2, 0) is 4.74 Å². The first-order valence-corrected chi connectivity index (χ1v) is 7.37. The summed E-state index contributed by atoms with van der Waals surface area (Å²) in [4.78, 5) is 0. The molecule has 0 bridgehead atoms. The summed E-state index contributed by atoms with van der Waals surface area (Å²) in [6.45, 7) is 4.61. The van der Waals surface area contributed by atoms with Crippen LogP contribution in [0.25, 0.3) is 0 Å². The van der Waals surface area contributed by atoms with E-state index in [-0.39, 0.29) is 5.60 Å². The molecule has 1 aliphatic carbocycles. The Morgan fingerprint density at radius 1 is 1.06 bits per heavy atom. The number of rotatable bonds is 6. The average molecular weight is 241 g/mol. The first kappa shape index (κ1) is 15.0. The van der Waals surface area contributed by atoms with Crippen molar-refractivity contribution in [2.75, 3.05) is 14.2 Å². The SMILES string of the molecule is CNC(CCC(C)C)C1(OC)CCCCCC1. The smallest absolute Gasteiger partial charge is 0.0830 e. The predicted octanol–water partition coefficient (Wildman–Crippen LogP) is 3.75. The van der Waals surface area contributed by atoms with E-state index >= 15 is 0 Å². The van der Waals surface area contributed by atoms with Gasteiger partial charge in [0.1, 0.15) is 0 Å². The zero-order valence-corrected chi connectivity index (χ0v) is 12.2. The van der Waals surface area contributed by atoms with Crippen LogP contribution in [0.3, 0.4) is 0 Å². The van der Waals surface area contributed by atoms with Crippen molar-refractivity contribution in [2.45, 2.75) is 76.9 Å². The summed E-state index contributed by atoms with van der Waals surface area (Å²) >= 11 is 0. The summed E-state index contributed by atoms with van der Waals surface area (Å²) in [5.41, 5.74) is 0.0974. The van der Waals surface area contributed by atoms with Gasteiger partial charge in [-0.3, -0.25) is 0 Å². The Labute approximate surface area is 108 Å². The molecule has 0 heterocycles. The predicted molar refractivity (Wildman–Crippen MR) is 74.4 cm³/mol. The first-order valence-electron chi connectivity index (χ1n) is 7.37. The molecule has 0 aliphatic heterocycles. The highest BCUT2D eigenvalue weighted by Gasteiger charge is 2.37. The van der Waals surface area contributed by atoms with Gasteiger partial charge in [-0.2, -0.15) is 0 Å². The van der Waals surface area contributed by atoms with E-state index in [0.29, 0.717) is 6.04 Å². The van der Waals surface area contributed by atoms with Crippen LogP contribution in [0, 0.1) is 5.92 Å². The third kappa shape index (κ3) is 4.26. The van der Waals surface area contributed by atoms with Crippen LogP contribution in [0.4, 0.5) is 0 Å². The van der Waals surface area contributed by atoms with Crippen LogP contribution in [-0.4, -0.2) is 25.8 Å². The zero-order chi connectivity index (χ0) is 12.7. The van der Waals surface area contributed by atoms with Gasteiger partial charge in [-0.1, -0.05) is 39.5 Å². The van der Waals surface area contributed by atoms with Gasteiger partial charge in [0.2, 0.25) is 0 Å². The summed E-state index contributed by atoms with van der Waals surface area (Å²) in [5.74, 6) is 0.783. The number of hydrogen-bond acceptors (Lipinski definition) is 2. The van der Waals surface area contributed by atoms with Crippen LogP contribution >= 0.6 is 0 Å². The summed E-state index contributed by atoms with van der Waals surface area (Å²) in [7, 11) is 4.00. The minimum Gasteiger partial charge on any atom is -0.377 e. The van der Waals surface area contributed by atoms with Gasteiger partial charge in [0, 0.05) is 13.2 Å². The summed E-state index contributed by atoms with van der Waals surface area (Å²) in [6.07, 6.45) is 10.4. The van der Waals surface area contributed by atoms with E-state index in [1.807, 2.05) is 7.11 Å². The molecular formula is C15H31NO. The molecule has 1 aliphatic rings. The van der Waals surface area contributed by atoms with Gasteiger partial charge in [0.15, 0.2) is 0 Å². The molecule has 1 fully saturated rings. The van der Waals surface area contributed by atoms with Crippen LogP contribution in [0.5, 0.6) is 0 Å². The molecule has 0 radical (unpaired) electrons. The molecule has 1 rings (SSSR count). The fourth-order valence-corrected chi connectivity index (χ4v) is 3.19. The number of nitrogens with one attached hydrogen (secondary N) is 1. The molecular weight excluding hydrogens is 210 g/mol. The summed E-state index contributed by atoms with van der Waals surface area (Å²) < 4.78 is 5.98. The molecule has 1 atom stereocenters. The van der Waals surface area contributed by atoms with E-state index in [1.165, 1.54) is 51.4 Å². The van der Waals surface area contributed by atoms with Crippen molar-refractivity contribution < 1.29 is 4.74 Å². The van der Waals surface area contributed by atoms with Gasteiger partial charge < -0.3 is 10.1 Å². The van der Waals surface area contributed by atoms with Crippen LogP contribution in [0.2, 0.25) is 0 Å². The lowest BCUT2D eigenvalue weighted by molar-refractivity contribution is -0.0540. The molecule has 1 N–H and O–H groups in total. The first-order chi connectivity index (χ1) is 8.14. The fourth-order valence-electron chi connectivity index (χ4n) is 3.19. The molecule has 17 heavy (non-hydrogen) atoms. The van der Waals surface area contributed by atoms with Crippen molar-refractivity contribution >= 4 is 0 Å². The Kier molecular flexibility index (Phi) is 6.50. The molecule has 0 amide bonds. The quantitative estimate of drug-likeness (QED) is 0.715. The second kappa shape index (κ2) is 7.38. The van der Waals surface area contributed by atoms with Crippen molar-refractivity contribution in [3.05, 3.63) is 0 Å². The minimum atomic E-state index is 0.0974. The highest BCUT2D eigenvalue weighted by atomic mass is 16.5. The topological polar surface area (TPSA) is 21.3 Å². The molecule has 102 valence electrons. The summed E-state index contributed by atoms with van der Waals surface area (Å²) in [6, 6.07) is 0.521. The maximum absolute atomic E-state index is 5.98. The second-order valence-corrected chi connectivity index (χ2v) is 6.00. The van der Waals surface area contributed by atoms with Crippen LogP contribution in [0.15, 0.2) is 0 Å². The minimum absolute atomic E-state index is 0.0974. The average Bonchev–Trinajstić information content (AvgIpc) is 2.56. The largest absolute Gasteiger partial charge is 0.377 e. The van der Waals surface area contributed by atoms with Crippen molar-refractivity contribution in [1.29, 1.82) is 0 Å². The maximum atomic E-state index is 5.98. The van der Waals surface area contributed by atoms with E-state index in [4.69, 9.17) is 4.74 Å². The molecule has 0 aromatic carbocycles. The monoisotopic (exact) mass is 241 g/mol. The van der Waals surface area contributed by atoms with Crippen molar-refractivity contribution in [3.8, 4) is 0 Å². The third-order valence-corrected chi connectivity index (χ3v) is 4.37. The lowest BCUT2D eigenvalue weighted by Gasteiger charge is -2.39. The standard InChI is InChI=1S/C15H31NO/c1-13(2)9-10-14(16-3)15(17-4)11-7-5-6-8-12-15/h13-14,16H,5-12H2,1-4H3. The van der Waals surface area contributed by atoms with Crippen molar-refractivity contribution in [3.63, 3.8) is 0 Å². The molecule has 0 aromatic heterocycles. The van der Waals surface area contributed by atoms with Gasteiger partial charge >= 0.3 is 0 Å².